The number of urea groups is 1. The van der Waals surface area contributed by atoms with Gasteiger partial charge in [-0.3, -0.25) is 9.53 Å². The van der Waals surface area contributed by atoms with Crippen LogP contribution in [0.1, 0.15) is 10.4 Å². The molecule has 1 aromatic carbocycles. The van der Waals surface area contributed by atoms with E-state index in [4.69, 9.17) is 22.1 Å². The fourth-order valence-corrected chi connectivity index (χ4v) is 2.64. The summed E-state index contributed by atoms with van der Waals surface area (Å²) in [6, 6.07) is 3.77. The van der Waals surface area contributed by atoms with Crippen molar-refractivity contribution in [3.8, 4) is 5.88 Å². The number of hydrogen-bond acceptors (Lipinski definition) is 9. The molecule has 13 heteroatoms. The zero-order chi connectivity index (χ0) is 20.1. The van der Waals surface area contributed by atoms with Crippen LogP contribution in [-0.2, 0) is 16.0 Å². The maximum absolute atomic E-state index is 12.5. The third-order valence-electron chi connectivity index (χ3n) is 3.08. The van der Waals surface area contributed by atoms with Gasteiger partial charge < -0.3 is 19.8 Å². The maximum Gasteiger partial charge on any atom is 0.340 e. The number of hydrogen-bond donors (Lipinski definition) is 2. The van der Waals surface area contributed by atoms with E-state index in [9.17, 15) is 18.4 Å². The molecule has 0 radical (unpaired) electrons. The Morgan fingerprint density at radius 1 is 1.30 bits per heavy atom. The van der Waals surface area contributed by atoms with Crippen molar-refractivity contribution in [3.05, 3.63) is 35.0 Å². The number of nitrogens with one attached hydrogen (secondary N) is 1. The highest BCUT2D eigenvalue weighted by molar-refractivity contribution is 7.81. The number of nitrogens with zero attached hydrogens (tertiary/aromatic N) is 3. The van der Waals surface area contributed by atoms with Gasteiger partial charge in [0.05, 0.1) is 36.7 Å². The predicted molar refractivity (Wildman–Crippen MR) is 96.2 cm³/mol. The van der Waals surface area contributed by atoms with E-state index in [2.05, 4.69) is 20.0 Å². The maximum atomic E-state index is 12.5. The molecule has 11 nitrogen and oxygen atoms in total. The van der Waals surface area contributed by atoms with Gasteiger partial charge in [0.1, 0.15) is 5.15 Å². The highest BCUT2D eigenvalue weighted by Crippen LogP contribution is 2.26. The summed E-state index contributed by atoms with van der Waals surface area (Å²) < 4.78 is 33.1. The SMILES string of the molecule is COC(=O)c1cc(N)ccc1N(C(=O)Nc1nc(Cl)cc(OC)n1)S(=O)[O-]. The zero-order valence-corrected chi connectivity index (χ0v) is 15.5. The summed E-state index contributed by atoms with van der Waals surface area (Å²) in [6.07, 6.45) is 0. The summed E-state index contributed by atoms with van der Waals surface area (Å²) in [5.41, 5.74) is 5.26. The van der Waals surface area contributed by atoms with Crippen LogP contribution in [0.2, 0.25) is 5.15 Å². The van der Waals surface area contributed by atoms with E-state index >= 15 is 0 Å². The Labute approximate surface area is 160 Å². The Balaban J connectivity index is 2.44. The average Bonchev–Trinajstić information content (AvgIpc) is 2.61. The summed E-state index contributed by atoms with van der Waals surface area (Å²) >= 11 is 2.68. The van der Waals surface area contributed by atoms with E-state index in [0.29, 0.717) is 0 Å². The first-order chi connectivity index (χ1) is 12.8. The van der Waals surface area contributed by atoms with E-state index in [1.54, 1.807) is 0 Å². The number of nitrogen functional groups attached to an aromatic ring is 1. The van der Waals surface area contributed by atoms with Crippen LogP contribution in [0.4, 0.5) is 22.1 Å². The van der Waals surface area contributed by atoms with E-state index in [1.807, 2.05) is 0 Å². The molecule has 0 spiro atoms. The highest BCUT2D eigenvalue weighted by Gasteiger charge is 2.25. The molecule has 0 bridgehead atoms. The molecule has 3 N–H and O–H groups in total. The van der Waals surface area contributed by atoms with Gasteiger partial charge in [-0.2, -0.15) is 4.98 Å². The second-order valence-corrected chi connectivity index (χ2v) is 5.95. The van der Waals surface area contributed by atoms with Gasteiger partial charge in [-0.05, 0) is 18.2 Å². The number of esters is 1. The summed E-state index contributed by atoms with van der Waals surface area (Å²) in [6.45, 7) is 0. The number of anilines is 3. The molecule has 1 unspecified atom stereocenters. The molecule has 2 rings (SSSR count). The first-order valence-corrected chi connectivity index (χ1v) is 8.44. The Morgan fingerprint density at radius 3 is 2.59 bits per heavy atom. The molecule has 1 aromatic heterocycles. The van der Waals surface area contributed by atoms with Crippen molar-refractivity contribution in [3.63, 3.8) is 0 Å². The number of carbonyl (C=O) groups is 2. The minimum atomic E-state index is -3.10. The lowest BCUT2D eigenvalue weighted by atomic mass is 10.1. The molecular formula is C14H13ClN5O6S-. The van der Waals surface area contributed by atoms with Crippen molar-refractivity contribution in [2.45, 2.75) is 0 Å². The van der Waals surface area contributed by atoms with E-state index < -0.39 is 23.3 Å². The molecule has 0 aliphatic heterocycles. The van der Waals surface area contributed by atoms with Gasteiger partial charge in [-0.25, -0.2) is 18.9 Å². The van der Waals surface area contributed by atoms with Crippen LogP contribution in [0.5, 0.6) is 5.88 Å². The zero-order valence-electron chi connectivity index (χ0n) is 14.0. The molecule has 1 heterocycles. The molecule has 0 aliphatic rings. The lowest BCUT2D eigenvalue weighted by molar-refractivity contribution is 0.0602. The molecule has 0 aliphatic carbocycles. The second kappa shape index (κ2) is 8.62. The Morgan fingerprint density at radius 2 is 2.00 bits per heavy atom. The number of aromatic nitrogens is 2. The van der Waals surface area contributed by atoms with Crippen molar-refractivity contribution >= 4 is 52.2 Å². The van der Waals surface area contributed by atoms with Crippen molar-refractivity contribution in [2.75, 3.05) is 29.6 Å². The molecule has 0 saturated heterocycles. The number of carbonyl (C=O) groups excluding carboxylic acids is 2. The molecule has 0 saturated carbocycles. The van der Waals surface area contributed by atoms with Crippen molar-refractivity contribution < 1.29 is 27.8 Å². The second-order valence-electron chi connectivity index (χ2n) is 4.77. The monoisotopic (exact) mass is 414 g/mol. The van der Waals surface area contributed by atoms with Crippen LogP contribution in [0, 0.1) is 0 Å². The van der Waals surface area contributed by atoms with Crippen molar-refractivity contribution in [1.29, 1.82) is 0 Å². The number of halogens is 1. The minimum Gasteiger partial charge on any atom is -0.755 e. The van der Waals surface area contributed by atoms with E-state index in [-0.39, 0.29) is 38.2 Å². The van der Waals surface area contributed by atoms with Crippen molar-refractivity contribution in [1.82, 2.24) is 9.97 Å². The minimum absolute atomic E-state index is 0.0443. The third kappa shape index (κ3) is 4.81. The lowest BCUT2D eigenvalue weighted by Crippen LogP contribution is -2.38. The summed E-state index contributed by atoms with van der Waals surface area (Å²) in [5, 5.41) is 2.11. The predicted octanol–water partition coefficient (Wildman–Crippen LogP) is 1.34. The third-order valence-corrected chi connectivity index (χ3v) is 3.93. The van der Waals surface area contributed by atoms with Gasteiger partial charge in [0.25, 0.3) is 0 Å². The fraction of sp³-hybridized carbons (Fsp3) is 0.143. The van der Waals surface area contributed by atoms with Crippen LogP contribution in [0.15, 0.2) is 24.3 Å². The van der Waals surface area contributed by atoms with Crippen LogP contribution in [-0.4, -0.2) is 44.9 Å². The number of nitrogens with two attached hydrogens (primary N) is 1. The fourth-order valence-electron chi connectivity index (χ4n) is 1.97. The van der Waals surface area contributed by atoms with Gasteiger partial charge in [-0.15, -0.1) is 0 Å². The number of benzene rings is 1. The highest BCUT2D eigenvalue weighted by atomic mass is 35.5. The standard InChI is InChI=1S/C14H14ClN5O6S/c1-25-11-6-10(15)17-13(18-11)19-14(22)20(27(23)24)9-4-3-7(16)5-8(9)12(21)26-2/h3-6H,16H2,1-2H3,(H,23,24)(H,17,18,19,22)/p-1. The van der Waals surface area contributed by atoms with Gasteiger partial charge in [0.2, 0.25) is 11.8 Å². The quantitative estimate of drug-likeness (QED) is 0.318. The summed E-state index contributed by atoms with van der Waals surface area (Å²) in [4.78, 5) is 32.0. The Kier molecular flexibility index (Phi) is 6.50. The molecule has 27 heavy (non-hydrogen) atoms. The summed E-state index contributed by atoms with van der Waals surface area (Å²) in [7, 11) is 2.42. The molecular weight excluding hydrogens is 402 g/mol. The first-order valence-electron chi connectivity index (χ1n) is 7.03. The topological polar surface area (TPSA) is 160 Å². The smallest absolute Gasteiger partial charge is 0.340 e. The molecule has 2 aromatic rings. The first kappa shape index (κ1) is 20.4. The molecule has 2 amide bonds. The van der Waals surface area contributed by atoms with Gasteiger partial charge in [0, 0.05) is 11.8 Å². The van der Waals surface area contributed by atoms with Gasteiger partial charge >= 0.3 is 12.0 Å². The van der Waals surface area contributed by atoms with Crippen LogP contribution in [0.3, 0.4) is 0 Å². The molecule has 0 fully saturated rings. The van der Waals surface area contributed by atoms with E-state index in [0.717, 1.165) is 7.11 Å². The average molecular weight is 415 g/mol. The number of ether oxygens (including phenoxy) is 2. The van der Waals surface area contributed by atoms with Gasteiger partial charge in [-0.1, -0.05) is 11.6 Å². The van der Waals surface area contributed by atoms with Crippen LogP contribution in [0.25, 0.3) is 0 Å². The number of amides is 2. The Hall–Kier alpha value is -2.96. The largest absolute Gasteiger partial charge is 0.755 e. The number of rotatable bonds is 5. The molecule has 1 atom stereocenters. The lowest BCUT2D eigenvalue weighted by Gasteiger charge is -2.25. The van der Waals surface area contributed by atoms with Crippen LogP contribution < -0.4 is 20.1 Å². The normalized spacial score (nSPS) is 11.4. The molecule has 144 valence electrons. The van der Waals surface area contributed by atoms with E-state index in [1.165, 1.54) is 31.4 Å². The van der Waals surface area contributed by atoms with Gasteiger partial charge in [0.15, 0.2) is 0 Å². The Bertz CT molecular complexity index is 912. The number of methoxy groups -OCH3 is 2. The summed E-state index contributed by atoms with van der Waals surface area (Å²) in [5.74, 6) is -1.15. The van der Waals surface area contributed by atoms with Crippen molar-refractivity contribution in [2.24, 2.45) is 0 Å². The van der Waals surface area contributed by atoms with Crippen LogP contribution >= 0.6 is 11.6 Å².